The van der Waals surface area contributed by atoms with E-state index >= 15 is 0 Å². The molecule has 0 saturated heterocycles. The minimum Gasteiger partial charge on any atom is -0.497 e. The van der Waals surface area contributed by atoms with Crippen LogP contribution in [0.25, 0.3) is 0 Å². The Balaban J connectivity index is 1.75. The monoisotopic (exact) mass is 503 g/mol. The Morgan fingerprint density at radius 3 is 2.53 bits per heavy atom. The van der Waals surface area contributed by atoms with E-state index < -0.39 is 22.8 Å². The van der Waals surface area contributed by atoms with Gasteiger partial charge in [-0.25, -0.2) is 4.79 Å². The molecule has 2 atom stereocenters. The second-order valence-electron chi connectivity index (χ2n) is 7.34. The van der Waals surface area contributed by atoms with Crippen molar-refractivity contribution in [3.8, 4) is 11.5 Å². The van der Waals surface area contributed by atoms with Crippen molar-refractivity contribution < 1.29 is 28.3 Å². The molecule has 7 nitrogen and oxygen atoms in total. The van der Waals surface area contributed by atoms with Gasteiger partial charge in [-0.15, -0.1) is 0 Å². The van der Waals surface area contributed by atoms with Gasteiger partial charge >= 0.3 is 5.97 Å². The smallest absolute Gasteiger partial charge is 0.330 e. The highest BCUT2D eigenvalue weighted by Crippen LogP contribution is 2.33. The molecule has 0 heterocycles. The Morgan fingerprint density at radius 1 is 1.09 bits per heavy atom. The van der Waals surface area contributed by atoms with Gasteiger partial charge in [0, 0.05) is 44.3 Å². The average molecular weight is 504 g/mol. The van der Waals surface area contributed by atoms with Gasteiger partial charge in [-0.1, -0.05) is 48.0 Å². The number of ether oxygens (including phenoxy) is 3. The van der Waals surface area contributed by atoms with Crippen LogP contribution in [-0.4, -0.2) is 41.9 Å². The lowest BCUT2D eigenvalue weighted by molar-refractivity contribution is -0.138. The zero-order valence-corrected chi connectivity index (χ0v) is 20.4. The predicted molar refractivity (Wildman–Crippen MR) is 132 cm³/mol. The lowest BCUT2D eigenvalue weighted by Crippen LogP contribution is -2.22. The van der Waals surface area contributed by atoms with Crippen LogP contribution in [0.4, 0.5) is 5.69 Å². The molecule has 3 aromatic rings. The number of anilines is 1. The maximum absolute atomic E-state index is 12.2. The molecule has 3 rings (SSSR count). The first-order valence-electron chi connectivity index (χ1n) is 10.4. The van der Waals surface area contributed by atoms with E-state index in [4.69, 9.17) is 25.8 Å². The van der Waals surface area contributed by atoms with Crippen molar-refractivity contribution in [2.45, 2.75) is 17.5 Å². The van der Waals surface area contributed by atoms with Crippen LogP contribution < -0.4 is 14.8 Å². The van der Waals surface area contributed by atoms with Crippen molar-refractivity contribution in [3.63, 3.8) is 0 Å². The van der Waals surface area contributed by atoms with Crippen LogP contribution in [0.3, 0.4) is 0 Å². The molecule has 2 unspecified atom stereocenters. The van der Waals surface area contributed by atoms with Crippen LogP contribution in [0.1, 0.15) is 17.2 Å². The van der Waals surface area contributed by atoms with Gasteiger partial charge in [0.15, 0.2) is 6.04 Å². The number of hydrogen-bond acceptors (Lipinski definition) is 6. The molecule has 0 radical (unpaired) electrons. The second kappa shape index (κ2) is 12.4. The van der Waals surface area contributed by atoms with E-state index in [0.29, 0.717) is 45.9 Å². The van der Waals surface area contributed by atoms with Crippen LogP contribution in [0, 0.1) is 0 Å². The molecule has 0 saturated carbocycles. The number of halogens is 1. The summed E-state index contributed by atoms with van der Waals surface area (Å²) < 4.78 is 28.7. The normalized spacial score (nSPS) is 12.6. The Kier molecular flexibility index (Phi) is 9.33. The van der Waals surface area contributed by atoms with E-state index in [1.165, 1.54) is 13.4 Å². The predicted octanol–water partition coefficient (Wildman–Crippen LogP) is 4.92. The number of benzene rings is 3. The molecular formula is C25H26ClNO6S. The molecule has 0 aromatic heterocycles. The van der Waals surface area contributed by atoms with Gasteiger partial charge in [-0.2, -0.15) is 0 Å². The number of nitrogens with one attached hydrogen (secondary N) is 1. The fraction of sp³-hybridized carbons (Fsp3) is 0.240. The third-order valence-corrected chi connectivity index (χ3v) is 6.02. The van der Waals surface area contributed by atoms with Gasteiger partial charge < -0.3 is 24.6 Å². The Hall–Kier alpha value is -3.07. The van der Waals surface area contributed by atoms with Crippen LogP contribution in [0.2, 0.25) is 5.02 Å². The Morgan fingerprint density at radius 2 is 1.85 bits per heavy atom. The molecule has 0 spiro atoms. The summed E-state index contributed by atoms with van der Waals surface area (Å²) in [5.41, 5.74) is 1.89. The number of rotatable bonds is 12. The molecule has 180 valence electrons. The lowest BCUT2D eigenvalue weighted by Gasteiger charge is -2.20. The molecular weight excluding hydrogens is 478 g/mol. The zero-order chi connectivity index (χ0) is 24.5. The third-order valence-electron chi connectivity index (χ3n) is 4.89. The van der Waals surface area contributed by atoms with Gasteiger partial charge in [0.25, 0.3) is 0 Å². The first-order chi connectivity index (χ1) is 16.4. The fourth-order valence-corrected chi connectivity index (χ4v) is 3.96. The van der Waals surface area contributed by atoms with Crippen LogP contribution in [0.5, 0.6) is 11.5 Å². The summed E-state index contributed by atoms with van der Waals surface area (Å²) in [5.74, 6) is -0.324. The Bertz CT molecular complexity index is 1140. The van der Waals surface area contributed by atoms with E-state index in [1.807, 2.05) is 30.3 Å². The molecule has 0 amide bonds. The summed E-state index contributed by atoms with van der Waals surface area (Å²) in [4.78, 5) is 12.7. The third kappa shape index (κ3) is 7.21. The average Bonchev–Trinajstić information content (AvgIpc) is 2.83. The standard InChI is InChI=1S/C25H26ClNO6S/c1-31-20-13-19(14-21(15-20)34(2)30)27-24(25(28)29)22-9-8-18(26)12-23(22)33-11-10-32-16-17-6-4-3-5-7-17/h3-9,12-15,24,27H,10-11,16H2,1-2H3,(H,28,29). The summed E-state index contributed by atoms with van der Waals surface area (Å²) in [6.07, 6.45) is 1.54. The first-order valence-corrected chi connectivity index (χ1v) is 12.4. The molecule has 0 bridgehead atoms. The van der Waals surface area contributed by atoms with E-state index in [0.717, 1.165) is 5.56 Å². The van der Waals surface area contributed by atoms with Crippen molar-refractivity contribution in [2.24, 2.45) is 0 Å². The zero-order valence-electron chi connectivity index (χ0n) is 18.8. The highest BCUT2D eigenvalue weighted by molar-refractivity contribution is 7.84. The quantitative estimate of drug-likeness (QED) is 0.339. The van der Waals surface area contributed by atoms with Crippen molar-refractivity contribution in [3.05, 3.63) is 82.9 Å². The summed E-state index contributed by atoms with van der Waals surface area (Å²) in [6, 6.07) is 18.3. The van der Waals surface area contributed by atoms with Crippen molar-refractivity contribution in [1.29, 1.82) is 0 Å². The second-order valence-corrected chi connectivity index (χ2v) is 9.15. The number of methoxy groups -OCH3 is 1. The molecule has 9 heteroatoms. The molecule has 0 aliphatic carbocycles. The number of hydrogen-bond donors (Lipinski definition) is 2. The summed E-state index contributed by atoms with van der Waals surface area (Å²) in [5, 5.41) is 13.3. The summed E-state index contributed by atoms with van der Waals surface area (Å²) in [7, 11) is 0.215. The van der Waals surface area contributed by atoms with Gasteiger partial charge in [0.1, 0.15) is 18.1 Å². The van der Waals surface area contributed by atoms with E-state index in [1.54, 1.807) is 36.4 Å². The topological polar surface area (TPSA) is 94.1 Å². The molecule has 34 heavy (non-hydrogen) atoms. The molecule has 0 aliphatic heterocycles. The molecule has 3 aromatic carbocycles. The lowest BCUT2D eigenvalue weighted by atomic mass is 10.1. The number of aliphatic carboxylic acids is 1. The van der Waals surface area contributed by atoms with Gasteiger partial charge in [0.2, 0.25) is 0 Å². The number of carbonyl (C=O) groups is 1. The maximum Gasteiger partial charge on any atom is 0.330 e. The van der Waals surface area contributed by atoms with E-state index in [2.05, 4.69) is 5.32 Å². The highest BCUT2D eigenvalue weighted by Gasteiger charge is 2.24. The van der Waals surface area contributed by atoms with Crippen molar-refractivity contribution >= 4 is 34.1 Å². The minimum absolute atomic E-state index is 0.213. The van der Waals surface area contributed by atoms with Crippen molar-refractivity contribution in [1.82, 2.24) is 0 Å². The largest absolute Gasteiger partial charge is 0.497 e. The molecule has 0 fully saturated rings. The van der Waals surface area contributed by atoms with Gasteiger partial charge in [-0.3, -0.25) is 4.21 Å². The molecule has 0 aliphatic rings. The molecule has 2 N–H and O–H groups in total. The van der Waals surface area contributed by atoms with E-state index in [-0.39, 0.29) is 6.61 Å². The van der Waals surface area contributed by atoms with Crippen molar-refractivity contribution in [2.75, 3.05) is 31.9 Å². The van der Waals surface area contributed by atoms with Crippen LogP contribution in [0.15, 0.2) is 71.6 Å². The van der Waals surface area contributed by atoms with E-state index in [9.17, 15) is 14.1 Å². The summed E-state index contributed by atoms with van der Waals surface area (Å²) >= 11 is 6.15. The number of carboxylic acid groups (broad SMARTS) is 1. The highest BCUT2D eigenvalue weighted by atomic mass is 35.5. The Labute approximate surface area is 206 Å². The van der Waals surface area contributed by atoms with Gasteiger partial charge in [-0.05, 0) is 29.8 Å². The van der Waals surface area contributed by atoms with Gasteiger partial charge in [0.05, 0.1) is 20.3 Å². The minimum atomic E-state index is -1.27. The fourth-order valence-electron chi connectivity index (χ4n) is 3.22. The number of carboxylic acids is 1. The van der Waals surface area contributed by atoms with Crippen LogP contribution in [-0.2, 0) is 26.9 Å². The van der Waals surface area contributed by atoms with Crippen LogP contribution >= 0.6 is 11.6 Å². The maximum atomic E-state index is 12.2. The SMILES string of the molecule is COc1cc(NC(C(=O)O)c2ccc(Cl)cc2OCCOCc2ccccc2)cc(S(C)=O)c1. The summed E-state index contributed by atoms with van der Waals surface area (Å²) in [6.45, 7) is 0.973. The first kappa shape index (κ1) is 25.6.